The van der Waals surface area contributed by atoms with Crippen LogP contribution in [0.4, 0.5) is 0 Å². The van der Waals surface area contributed by atoms with Crippen molar-refractivity contribution in [3.8, 4) is 0 Å². The molecule has 0 aromatic heterocycles. The Kier molecular flexibility index (Phi) is 5.48. The Morgan fingerprint density at radius 3 is 2.48 bits per heavy atom. The molecule has 0 aliphatic heterocycles. The number of carboxylic acid groups (broad SMARTS) is 1. The molecule has 0 aliphatic rings. The number of sulfone groups is 1. The molecular formula is C14H19NO5S. The van der Waals surface area contributed by atoms with Crippen LogP contribution in [0.1, 0.15) is 29.3 Å². The van der Waals surface area contributed by atoms with E-state index in [2.05, 4.69) is 5.32 Å². The van der Waals surface area contributed by atoms with Gasteiger partial charge in [-0.3, -0.25) is 9.59 Å². The SMILES string of the molecule is Cc1ccc(S(C)(=O)=O)cc1C(=O)NCC(C)CC(=O)O. The summed E-state index contributed by atoms with van der Waals surface area (Å²) in [6.07, 6.45) is 1.04. The average Bonchev–Trinajstić information content (AvgIpc) is 2.34. The Bertz CT molecular complexity index is 651. The lowest BCUT2D eigenvalue weighted by atomic mass is 10.1. The summed E-state index contributed by atoms with van der Waals surface area (Å²) in [5.74, 6) is -1.54. The molecule has 1 aromatic rings. The second-order valence-corrected chi connectivity index (χ2v) is 7.18. The fourth-order valence-electron chi connectivity index (χ4n) is 1.81. The standard InChI is InChI=1S/C14H19NO5S/c1-9(6-13(16)17)8-15-14(18)12-7-11(21(3,19)20)5-4-10(12)2/h4-5,7,9H,6,8H2,1-3H3,(H,15,18)(H,16,17). The zero-order valence-electron chi connectivity index (χ0n) is 12.2. The number of hydrogen-bond acceptors (Lipinski definition) is 4. The number of nitrogens with one attached hydrogen (secondary N) is 1. The molecule has 21 heavy (non-hydrogen) atoms. The molecular weight excluding hydrogens is 294 g/mol. The Hall–Kier alpha value is -1.89. The summed E-state index contributed by atoms with van der Waals surface area (Å²) in [6.45, 7) is 3.64. The highest BCUT2D eigenvalue weighted by Crippen LogP contribution is 2.15. The van der Waals surface area contributed by atoms with E-state index >= 15 is 0 Å². The van der Waals surface area contributed by atoms with Gasteiger partial charge < -0.3 is 10.4 Å². The quantitative estimate of drug-likeness (QED) is 0.823. The van der Waals surface area contributed by atoms with Crippen molar-refractivity contribution >= 4 is 21.7 Å². The molecule has 0 saturated heterocycles. The van der Waals surface area contributed by atoms with E-state index in [9.17, 15) is 18.0 Å². The zero-order valence-corrected chi connectivity index (χ0v) is 13.0. The summed E-state index contributed by atoms with van der Waals surface area (Å²) >= 11 is 0. The molecule has 0 spiro atoms. The molecule has 2 N–H and O–H groups in total. The third kappa shape index (κ3) is 5.18. The molecule has 1 atom stereocenters. The van der Waals surface area contributed by atoms with E-state index in [-0.39, 0.29) is 29.3 Å². The van der Waals surface area contributed by atoms with Crippen molar-refractivity contribution in [2.24, 2.45) is 5.92 Å². The van der Waals surface area contributed by atoms with E-state index in [4.69, 9.17) is 5.11 Å². The number of carboxylic acids is 1. The minimum atomic E-state index is -3.38. The lowest BCUT2D eigenvalue weighted by Crippen LogP contribution is -2.29. The minimum Gasteiger partial charge on any atom is -0.481 e. The number of aryl methyl sites for hydroxylation is 1. The van der Waals surface area contributed by atoms with E-state index in [0.29, 0.717) is 5.56 Å². The van der Waals surface area contributed by atoms with Gasteiger partial charge in [0.25, 0.3) is 5.91 Å². The van der Waals surface area contributed by atoms with Crippen LogP contribution in [0, 0.1) is 12.8 Å². The van der Waals surface area contributed by atoms with Crippen LogP contribution in [0.3, 0.4) is 0 Å². The zero-order chi connectivity index (χ0) is 16.2. The van der Waals surface area contributed by atoms with Crippen LogP contribution in [0.5, 0.6) is 0 Å². The minimum absolute atomic E-state index is 0.0390. The summed E-state index contributed by atoms with van der Waals surface area (Å²) in [4.78, 5) is 22.7. The van der Waals surface area contributed by atoms with E-state index in [1.165, 1.54) is 12.1 Å². The Labute approximate surface area is 124 Å². The fraction of sp³-hybridized carbons (Fsp3) is 0.429. The van der Waals surface area contributed by atoms with Gasteiger partial charge in [-0.1, -0.05) is 13.0 Å². The third-order valence-electron chi connectivity index (χ3n) is 3.02. The predicted molar refractivity (Wildman–Crippen MR) is 78.0 cm³/mol. The highest BCUT2D eigenvalue weighted by molar-refractivity contribution is 7.90. The van der Waals surface area contributed by atoms with Crippen LogP contribution in [0.15, 0.2) is 23.1 Å². The molecule has 0 saturated carbocycles. The number of amides is 1. The molecule has 0 radical (unpaired) electrons. The summed E-state index contributed by atoms with van der Waals surface area (Å²) < 4.78 is 23.0. The van der Waals surface area contributed by atoms with E-state index in [0.717, 1.165) is 6.26 Å². The van der Waals surface area contributed by atoms with Gasteiger partial charge in [0.2, 0.25) is 0 Å². The first kappa shape index (κ1) is 17.2. The van der Waals surface area contributed by atoms with Gasteiger partial charge >= 0.3 is 5.97 Å². The number of carbonyl (C=O) groups excluding carboxylic acids is 1. The monoisotopic (exact) mass is 313 g/mol. The smallest absolute Gasteiger partial charge is 0.303 e. The molecule has 0 bridgehead atoms. The van der Waals surface area contributed by atoms with Gasteiger partial charge in [0.05, 0.1) is 4.90 Å². The van der Waals surface area contributed by atoms with Gasteiger partial charge in [-0.2, -0.15) is 0 Å². The van der Waals surface area contributed by atoms with E-state index in [1.54, 1.807) is 19.9 Å². The number of hydrogen-bond donors (Lipinski definition) is 2. The van der Waals surface area contributed by atoms with Gasteiger partial charge in [0.1, 0.15) is 0 Å². The third-order valence-corrected chi connectivity index (χ3v) is 4.13. The molecule has 7 heteroatoms. The van der Waals surface area contributed by atoms with Crippen molar-refractivity contribution in [3.05, 3.63) is 29.3 Å². The van der Waals surface area contributed by atoms with Crippen molar-refractivity contribution in [1.82, 2.24) is 5.32 Å². The molecule has 0 heterocycles. The van der Waals surface area contributed by atoms with Crippen LogP contribution >= 0.6 is 0 Å². The maximum atomic E-state index is 12.1. The number of carbonyl (C=O) groups is 2. The largest absolute Gasteiger partial charge is 0.481 e. The molecule has 116 valence electrons. The molecule has 0 fully saturated rings. The van der Waals surface area contributed by atoms with Gasteiger partial charge in [-0.05, 0) is 30.5 Å². The molecule has 1 amide bonds. The van der Waals surface area contributed by atoms with Crippen LogP contribution < -0.4 is 5.32 Å². The maximum absolute atomic E-state index is 12.1. The van der Waals surface area contributed by atoms with Crippen molar-refractivity contribution in [2.75, 3.05) is 12.8 Å². The first-order valence-electron chi connectivity index (χ1n) is 6.42. The summed E-state index contributed by atoms with van der Waals surface area (Å²) in [7, 11) is -3.38. The second-order valence-electron chi connectivity index (χ2n) is 5.16. The average molecular weight is 313 g/mol. The number of aliphatic carboxylic acids is 1. The molecule has 1 unspecified atom stereocenters. The normalized spacial score (nSPS) is 12.7. The van der Waals surface area contributed by atoms with Crippen molar-refractivity contribution < 1.29 is 23.1 Å². The van der Waals surface area contributed by atoms with Gasteiger partial charge in [-0.25, -0.2) is 8.42 Å². The summed E-state index contributed by atoms with van der Waals surface area (Å²) in [5.41, 5.74) is 0.936. The second kappa shape index (κ2) is 6.71. The highest BCUT2D eigenvalue weighted by atomic mass is 32.2. The van der Waals surface area contributed by atoms with E-state index in [1.807, 2.05) is 0 Å². The first-order valence-corrected chi connectivity index (χ1v) is 8.31. The maximum Gasteiger partial charge on any atom is 0.303 e. The predicted octanol–water partition coefficient (Wildman–Crippen LogP) is 1.24. The lowest BCUT2D eigenvalue weighted by molar-refractivity contribution is -0.137. The number of rotatable bonds is 6. The van der Waals surface area contributed by atoms with Gasteiger partial charge in [-0.15, -0.1) is 0 Å². The Morgan fingerprint density at radius 2 is 1.95 bits per heavy atom. The Morgan fingerprint density at radius 1 is 1.33 bits per heavy atom. The fourth-order valence-corrected chi connectivity index (χ4v) is 2.46. The molecule has 6 nitrogen and oxygen atoms in total. The van der Waals surface area contributed by atoms with Gasteiger partial charge in [0.15, 0.2) is 9.84 Å². The van der Waals surface area contributed by atoms with Crippen LogP contribution in [0.25, 0.3) is 0 Å². The number of benzene rings is 1. The van der Waals surface area contributed by atoms with Crippen LogP contribution in [-0.4, -0.2) is 38.2 Å². The highest BCUT2D eigenvalue weighted by Gasteiger charge is 2.15. The first-order chi connectivity index (χ1) is 9.61. The van der Waals surface area contributed by atoms with Crippen LogP contribution in [0.2, 0.25) is 0 Å². The van der Waals surface area contributed by atoms with E-state index < -0.39 is 21.7 Å². The van der Waals surface area contributed by atoms with Crippen molar-refractivity contribution in [1.29, 1.82) is 0 Å². The molecule has 1 rings (SSSR count). The van der Waals surface area contributed by atoms with Gasteiger partial charge in [0, 0.05) is 24.8 Å². The Balaban J connectivity index is 2.85. The topological polar surface area (TPSA) is 101 Å². The van der Waals surface area contributed by atoms with Crippen molar-refractivity contribution in [3.63, 3.8) is 0 Å². The summed E-state index contributed by atoms with van der Waals surface area (Å²) in [5, 5.41) is 11.3. The lowest BCUT2D eigenvalue weighted by Gasteiger charge is -2.12. The van der Waals surface area contributed by atoms with Crippen molar-refractivity contribution in [2.45, 2.75) is 25.2 Å². The molecule has 1 aromatic carbocycles. The molecule has 0 aliphatic carbocycles. The summed E-state index contributed by atoms with van der Waals surface area (Å²) in [6, 6.07) is 4.36. The van der Waals surface area contributed by atoms with Crippen LogP contribution in [-0.2, 0) is 14.6 Å².